The number of benzene rings is 1. The highest BCUT2D eigenvalue weighted by atomic mass is 35.5. The summed E-state index contributed by atoms with van der Waals surface area (Å²) in [5, 5.41) is 3.23. The largest absolute Gasteiger partial charge is 0.335 e. The average Bonchev–Trinajstić information content (AvgIpc) is 2.39. The van der Waals surface area contributed by atoms with Crippen molar-refractivity contribution < 1.29 is 9.18 Å². The lowest BCUT2D eigenvalue weighted by molar-refractivity contribution is 0.201. The molecular weight excluding hydrogens is 267 g/mol. The van der Waals surface area contributed by atoms with Gasteiger partial charge in [-0.05, 0) is 25.0 Å². The van der Waals surface area contributed by atoms with Crippen LogP contribution < -0.4 is 5.32 Å². The molecule has 0 aliphatic carbocycles. The minimum Gasteiger partial charge on any atom is -0.335 e. The number of rotatable bonds is 5. The summed E-state index contributed by atoms with van der Waals surface area (Å²) in [4.78, 5) is 13.4. The second kappa shape index (κ2) is 7.34. The van der Waals surface area contributed by atoms with E-state index in [1.165, 1.54) is 11.0 Å². The van der Waals surface area contributed by atoms with Gasteiger partial charge in [0.1, 0.15) is 5.82 Å². The number of urea groups is 1. The summed E-state index contributed by atoms with van der Waals surface area (Å²) in [6.45, 7) is 4.18. The lowest BCUT2D eigenvalue weighted by Gasteiger charge is -2.22. The first-order valence-corrected chi connectivity index (χ1v) is 6.81. The van der Waals surface area contributed by atoms with Crippen molar-refractivity contribution in [2.24, 2.45) is 0 Å². The second-order valence-corrected chi connectivity index (χ2v) is 4.93. The van der Waals surface area contributed by atoms with Gasteiger partial charge in [0, 0.05) is 23.7 Å². The predicted octanol–water partition coefficient (Wildman–Crippen LogP) is 3.81. The average molecular weight is 287 g/mol. The van der Waals surface area contributed by atoms with Gasteiger partial charge in [-0.15, -0.1) is 0 Å². The zero-order chi connectivity index (χ0) is 14.4. The molecule has 0 aliphatic heterocycles. The van der Waals surface area contributed by atoms with Gasteiger partial charge in [-0.2, -0.15) is 0 Å². The number of amides is 2. The maximum absolute atomic E-state index is 13.6. The number of nitrogens with zero attached hydrogens (tertiary/aromatic N) is 1. The van der Waals surface area contributed by atoms with Crippen LogP contribution in [0.1, 0.15) is 32.3 Å². The quantitative estimate of drug-likeness (QED) is 0.877. The topological polar surface area (TPSA) is 32.3 Å². The summed E-state index contributed by atoms with van der Waals surface area (Å²) in [6, 6.07) is 4.44. The number of carbonyl (C=O) groups excluding carboxylic acids is 1. The zero-order valence-electron chi connectivity index (χ0n) is 11.5. The molecule has 0 aromatic heterocycles. The molecule has 0 heterocycles. The van der Waals surface area contributed by atoms with Crippen LogP contribution in [0.5, 0.6) is 0 Å². The summed E-state index contributed by atoms with van der Waals surface area (Å²) in [5.41, 5.74) is 0.339. The number of halogens is 2. The summed E-state index contributed by atoms with van der Waals surface area (Å²) >= 11 is 5.94. The van der Waals surface area contributed by atoms with Crippen LogP contribution in [0.25, 0.3) is 0 Å². The van der Waals surface area contributed by atoms with Crippen molar-refractivity contribution in [1.29, 1.82) is 0 Å². The molecule has 3 nitrogen and oxygen atoms in total. The van der Waals surface area contributed by atoms with Crippen LogP contribution in [-0.2, 0) is 6.54 Å². The van der Waals surface area contributed by atoms with Gasteiger partial charge in [-0.1, -0.05) is 31.5 Å². The molecule has 0 atom stereocenters. The van der Waals surface area contributed by atoms with Gasteiger partial charge in [0.25, 0.3) is 0 Å². The predicted molar refractivity (Wildman–Crippen MR) is 75.8 cm³/mol. The molecule has 19 heavy (non-hydrogen) atoms. The smallest absolute Gasteiger partial charge is 0.317 e. The minimum absolute atomic E-state index is 0.144. The van der Waals surface area contributed by atoms with Crippen molar-refractivity contribution in [1.82, 2.24) is 10.2 Å². The Morgan fingerprint density at radius 2 is 2.05 bits per heavy atom. The van der Waals surface area contributed by atoms with E-state index in [1.807, 2.05) is 13.8 Å². The highest BCUT2D eigenvalue weighted by Crippen LogP contribution is 2.20. The van der Waals surface area contributed by atoms with Crippen LogP contribution in [0, 0.1) is 5.82 Å². The van der Waals surface area contributed by atoms with Crippen LogP contribution >= 0.6 is 11.6 Å². The lowest BCUT2D eigenvalue weighted by Crippen LogP contribution is -2.42. The van der Waals surface area contributed by atoms with Crippen LogP contribution in [0.3, 0.4) is 0 Å². The van der Waals surface area contributed by atoms with Gasteiger partial charge in [0.2, 0.25) is 0 Å². The van der Waals surface area contributed by atoms with Crippen molar-refractivity contribution in [2.75, 3.05) is 7.05 Å². The molecule has 5 heteroatoms. The summed E-state index contributed by atoms with van der Waals surface area (Å²) in [5.74, 6) is -0.394. The highest BCUT2D eigenvalue weighted by molar-refractivity contribution is 6.31. The maximum Gasteiger partial charge on any atom is 0.317 e. The molecule has 1 N–H and O–H groups in total. The van der Waals surface area contributed by atoms with E-state index in [-0.39, 0.29) is 18.6 Å². The van der Waals surface area contributed by atoms with E-state index in [0.29, 0.717) is 10.6 Å². The van der Waals surface area contributed by atoms with Crippen molar-refractivity contribution in [3.05, 3.63) is 34.6 Å². The number of hydrogen-bond acceptors (Lipinski definition) is 1. The number of nitrogens with one attached hydrogen (secondary N) is 1. The van der Waals surface area contributed by atoms with Gasteiger partial charge < -0.3 is 10.2 Å². The fourth-order valence-electron chi connectivity index (χ4n) is 1.77. The number of hydrogen-bond donors (Lipinski definition) is 1. The third-order valence-corrected chi connectivity index (χ3v) is 3.47. The van der Waals surface area contributed by atoms with Gasteiger partial charge in [-0.25, -0.2) is 9.18 Å². The Balaban J connectivity index is 2.69. The fourth-order valence-corrected chi connectivity index (χ4v) is 1.99. The lowest BCUT2D eigenvalue weighted by atomic mass is 10.2. The Labute approximate surface area is 118 Å². The van der Waals surface area contributed by atoms with E-state index in [0.717, 1.165) is 12.8 Å². The molecule has 0 aliphatic rings. The standard InChI is InChI=1S/C14H20ClFN2O/c1-4-10(5-2)17-14(19)18(3)9-11-12(15)7-6-8-13(11)16/h6-8,10H,4-5,9H2,1-3H3,(H,17,19). The van der Waals surface area contributed by atoms with Crippen LogP contribution in [0.15, 0.2) is 18.2 Å². The van der Waals surface area contributed by atoms with E-state index in [2.05, 4.69) is 5.32 Å². The maximum atomic E-state index is 13.6. The first-order chi connectivity index (χ1) is 8.99. The molecule has 1 aromatic carbocycles. The normalized spacial score (nSPS) is 10.6. The molecular formula is C14H20ClFN2O. The third-order valence-electron chi connectivity index (χ3n) is 3.12. The first kappa shape index (κ1) is 15.8. The van der Waals surface area contributed by atoms with Crippen molar-refractivity contribution in [3.8, 4) is 0 Å². The van der Waals surface area contributed by atoms with Gasteiger partial charge in [0.15, 0.2) is 0 Å². The van der Waals surface area contributed by atoms with Crippen molar-refractivity contribution in [3.63, 3.8) is 0 Å². The van der Waals surface area contributed by atoms with E-state index in [1.54, 1.807) is 19.2 Å². The molecule has 0 unspecified atom stereocenters. The van der Waals surface area contributed by atoms with Crippen LogP contribution in [-0.4, -0.2) is 24.0 Å². The first-order valence-electron chi connectivity index (χ1n) is 6.44. The molecule has 0 fully saturated rings. The van der Waals surface area contributed by atoms with Crippen molar-refractivity contribution >= 4 is 17.6 Å². The van der Waals surface area contributed by atoms with Gasteiger partial charge in [-0.3, -0.25) is 0 Å². The van der Waals surface area contributed by atoms with E-state index < -0.39 is 5.82 Å². The van der Waals surface area contributed by atoms with Crippen LogP contribution in [0.2, 0.25) is 5.02 Å². The highest BCUT2D eigenvalue weighted by Gasteiger charge is 2.16. The Morgan fingerprint density at radius 3 is 2.58 bits per heavy atom. The Morgan fingerprint density at radius 1 is 1.42 bits per heavy atom. The molecule has 0 saturated carbocycles. The molecule has 0 spiro atoms. The van der Waals surface area contributed by atoms with Gasteiger partial charge in [0.05, 0.1) is 6.54 Å². The molecule has 0 bridgehead atoms. The fraction of sp³-hybridized carbons (Fsp3) is 0.500. The molecule has 106 valence electrons. The van der Waals surface area contributed by atoms with E-state index in [4.69, 9.17) is 11.6 Å². The second-order valence-electron chi connectivity index (χ2n) is 4.52. The van der Waals surface area contributed by atoms with E-state index >= 15 is 0 Å². The SMILES string of the molecule is CCC(CC)NC(=O)N(C)Cc1c(F)cccc1Cl. The molecule has 0 radical (unpaired) electrons. The molecule has 1 aromatic rings. The molecule has 0 saturated heterocycles. The molecule has 2 amide bonds. The van der Waals surface area contributed by atoms with Gasteiger partial charge >= 0.3 is 6.03 Å². The van der Waals surface area contributed by atoms with Crippen molar-refractivity contribution in [2.45, 2.75) is 39.3 Å². The third kappa shape index (κ3) is 4.39. The summed E-state index contributed by atoms with van der Waals surface area (Å²) in [7, 11) is 1.63. The van der Waals surface area contributed by atoms with Crippen LogP contribution in [0.4, 0.5) is 9.18 Å². The van der Waals surface area contributed by atoms with E-state index in [9.17, 15) is 9.18 Å². The zero-order valence-corrected chi connectivity index (χ0v) is 12.3. The summed E-state index contributed by atoms with van der Waals surface area (Å²) < 4.78 is 13.6. The summed E-state index contributed by atoms with van der Waals surface area (Å²) in [6.07, 6.45) is 1.74. The monoisotopic (exact) mass is 286 g/mol. The Hall–Kier alpha value is -1.29. The minimum atomic E-state index is -0.394. The Bertz CT molecular complexity index is 415. The molecule has 1 rings (SSSR count). The number of carbonyl (C=O) groups is 1. The Kier molecular flexibility index (Phi) is 6.09.